The van der Waals surface area contributed by atoms with Crippen LogP contribution in [0.4, 0.5) is 19.0 Å². The van der Waals surface area contributed by atoms with Crippen LogP contribution in [0.5, 0.6) is 5.75 Å². The SMILES string of the molecule is COc1ccc(C2=CC(=O)N(Nc3ncc(C(F)(F)F)cc3Cl)C2=O)cc1. The number of rotatable bonds is 4. The second kappa shape index (κ2) is 6.92. The number of alkyl halides is 3. The van der Waals surface area contributed by atoms with Crippen molar-refractivity contribution in [2.24, 2.45) is 0 Å². The summed E-state index contributed by atoms with van der Waals surface area (Å²) < 4.78 is 43.0. The van der Waals surface area contributed by atoms with Gasteiger partial charge in [0.2, 0.25) is 0 Å². The van der Waals surface area contributed by atoms with Crippen molar-refractivity contribution >= 4 is 34.8 Å². The lowest BCUT2D eigenvalue weighted by Gasteiger charge is -2.18. The Hall–Kier alpha value is -3.07. The number of hydrogen-bond donors (Lipinski definition) is 1. The number of aromatic nitrogens is 1. The maximum atomic E-state index is 12.7. The van der Waals surface area contributed by atoms with Gasteiger partial charge >= 0.3 is 6.18 Å². The molecule has 6 nitrogen and oxygen atoms in total. The Labute approximate surface area is 156 Å². The van der Waals surface area contributed by atoms with Gasteiger partial charge in [-0.05, 0) is 23.8 Å². The average molecular weight is 398 g/mol. The third-order valence-corrected chi connectivity index (χ3v) is 4.00. The molecule has 1 aromatic carbocycles. The highest BCUT2D eigenvalue weighted by molar-refractivity contribution is 6.35. The van der Waals surface area contributed by atoms with Crippen LogP contribution in [0.1, 0.15) is 11.1 Å². The van der Waals surface area contributed by atoms with Gasteiger partial charge in [-0.2, -0.15) is 18.2 Å². The maximum absolute atomic E-state index is 12.7. The van der Waals surface area contributed by atoms with E-state index in [4.69, 9.17) is 16.3 Å². The van der Waals surface area contributed by atoms with Crippen LogP contribution in [-0.4, -0.2) is 28.9 Å². The number of hydrazine groups is 1. The molecule has 140 valence electrons. The summed E-state index contributed by atoms with van der Waals surface area (Å²) in [5.74, 6) is -1.07. The molecule has 0 atom stereocenters. The number of pyridine rings is 1. The standard InChI is InChI=1S/C17H11ClF3N3O3/c1-27-11-4-2-9(3-5-11)12-7-14(25)24(16(12)26)23-15-13(18)6-10(8-22-15)17(19,20)21/h2-8H,1H3,(H,22,23). The first kappa shape index (κ1) is 18.7. The summed E-state index contributed by atoms with van der Waals surface area (Å²) in [5, 5.41) is 0.240. The fourth-order valence-electron chi connectivity index (χ4n) is 2.33. The number of ether oxygens (including phenoxy) is 1. The predicted octanol–water partition coefficient (Wildman–Crippen LogP) is 3.54. The molecular weight excluding hydrogens is 387 g/mol. The lowest BCUT2D eigenvalue weighted by atomic mass is 10.1. The van der Waals surface area contributed by atoms with Gasteiger partial charge in [0, 0.05) is 12.3 Å². The lowest BCUT2D eigenvalue weighted by Crippen LogP contribution is -2.36. The van der Waals surface area contributed by atoms with Gasteiger partial charge in [0.1, 0.15) is 5.75 Å². The molecule has 27 heavy (non-hydrogen) atoms. The molecule has 2 amide bonds. The molecule has 0 aliphatic carbocycles. The Kier molecular flexibility index (Phi) is 4.79. The summed E-state index contributed by atoms with van der Waals surface area (Å²) >= 11 is 5.79. The summed E-state index contributed by atoms with van der Waals surface area (Å²) in [4.78, 5) is 28.2. The molecular formula is C17H11ClF3N3O3. The summed E-state index contributed by atoms with van der Waals surface area (Å²) in [5.41, 5.74) is 1.90. The fraction of sp³-hybridized carbons (Fsp3) is 0.118. The summed E-state index contributed by atoms with van der Waals surface area (Å²) in [6.07, 6.45) is -2.95. The molecule has 3 rings (SSSR count). The van der Waals surface area contributed by atoms with E-state index in [9.17, 15) is 22.8 Å². The third kappa shape index (κ3) is 3.72. The van der Waals surface area contributed by atoms with Crippen LogP contribution in [0.15, 0.2) is 42.6 Å². The van der Waals surface area contributed by atoms with Crippen molar-refractivity contribution in [3.8, 4) is 5.75 Å². The molecule has 0 spiro atoms. The van der Waals surface area contributed by atoms with E-state index in [1.54, 1.807) is 24.3 Å². The highest BCUT2D eigenvalue weighted by Crippen LogP contribution is 2.33. The van der Waals surface area contributed by atoms with Gasteiger partial charge < -0.3 is 4.74 Å². The zero-order valence-electron chi connectivity index (χ0n) is 13.7. The monoisotopic (exact) mass is 397 g/mol. The molecule has 0 fully saturated rings. The second-order valence-electron chi connectivity index (χ2n) is 5.43. The van der Waals surface area contributed by atoms with E-state index in [2.05, 4.69) is 10.4 Å². The molecule has 0 unspecified atom stereocenters. The molecule has 0 saturated carbocycles. The van der Waals surface area contributed by atoms with Gasteiger partial charge in [-0.25, -0.2) is 4.98 Å². The van der Waals surface area contributed by atoms with Gasteiger partial charge in [-0.1, -0.05) is 23.7 Å². The van der Waals surface area contributed by atoms with Crippen LogP contribution in [-0.2, 0) is 15.8 Å². The van der Waals surface area contributed by atoms with E-state index in [1.165, 1.54) is 7.11 Å². The Morgan fingerprint density at radius 2 is 1.85 bits per heavy atom. The quantitative estimate of drug-likeness (QED) is 0.799. The summed E-state index contributed by atoms with van der Waals surface area (Å²) in [6.45, 7) is 0. The van der Waals surface area contributed by atoms with Crippen LogP contribution >= 0.6 is 11.6 Å². The highest BCUT2D eigenvalue weighted by atomic mass is 35.5. The predicted molar refractivity (Wildman–Crippen MR) is 90.7 cm³/mol. The normalized spacial score (nSPS) is 14.4. The topological polar surface area (TPSA) is 71.5 Å². The molecule has 1 N–H and O–H groups in total. The Morgan fingerprint density at radius 3 is 2.41 bits per heavy atom. The van der Waals surface area contributed by atoms with Gasteiger partial charge in [0.15, 0.2) is 5.82 Å². The number of nitrogens with one attached hydrogen (secondary N) is 1. The minimum atomic E-state index is -4.61. The Morgan fingerprint density at radius 1 is 1.19 bits per heavy atom. The smallest absolute Gasteiger partial charge is 0.417 e. The first-order chi connectivity index (χ1) is 12.7. The number of imide groups is 1. The summed E-state index contributed by atoms with van der Waals surface area (Å²) in [7, 11) is 1.49. The number of carbonyl (C=O) groups is 2. The number of carbonyl (C=O) groups excluding carboxylic acids is 2. The zero-order chi connectivity index (χ0) is 19.8. The van der Waals surface area contributed by atoms with Crippen molar-refractivity contribution in [2.75, 3.05) is 12.5 Å². The highest BCUT2D eigenvalue weighted by Gasteiger charge is 2.34. The molecule has 1 aliphatic heterocycles. The number of hydrogen-bond acceptors (Lipinski definition) is 5. The van der Waals surface area contributed by atoms with Crippen molar-refractivity contribution in [3.05, 3.63) is 58.8 Å². The average Bonchev–Trinajstić information content (AvgIpc) is 2.90. The first-order valence-corrected chi connectivity index (χ1v) is 7.82. The summed E-state index contributed by atoms with van der Waals surface area (Å²) in [6, 6.07) is 7.10. The molecule has 1 aromatic heterocycles. The van der Waals surface area contributed by atoms with Crippen LogP contribution in [0, 0.1) is 0 Å². The fourth-order valence-corrected chi connectivity index (χ4v) is 2.54. The van der Waals surface area contributed by atoms with E-state index in [1.807, 2.05) is 0 Å². The zero-order valence-corrected chi connectivity index (χ0v) is 14.4. The van der Waals surface area contributed by atoms with Crippen molar-refractivity contribution < 1.29 is 27.5 Å². The minimum absolute atomic E-state index is 0.109. The number of nitrogens with zero attached hydrogens (tertiary/aromatic N) is 2. The van der Waals surface area contributed by atoms with Gasteiger partial charge in [0.05, 0.1) is 23.3 Å². The number of anilines is 1. The largest absolute Gasteiger partial charge is 0.497 e. The van der Waals surface area contributed by atoms with Crippen LogP contribution in [0.25, 0.3) is 5.57 Å². The van der Waals surface area contributed by atoms with Crippen LogP contribution < -0.4 is 10.2 Å². The van der Waals surface area contributed by atoms with E-state index in [0.29, 0.717) is 28.6 Å². The van der Waals surface area contributed by atoms with Crippen LogP contribution in [0.3, 0.4) is 0 Å². The Bertz CT molecular complexity index is 943. The molecule has 0 saturated heterocycles. The van der Waals surface area contributed by atoms with Crippen molar-refractivity contribution in [1.29, 1.82) is 0 Å². The molecule has 0 bridgehead atoms. The second-order valence-corrected chi connectivity index (χ2v) is 5.84. The van der Waals surface area contributed by atoms with Crippen molar-refractivity contribution in [1.82, 2.24) is 9.99 Å². The Balaban J connectivity index is 1.81. The molecule has 2 heterocycles. The van der Waals surface area contributed by atoms with E-state index >= 15 is 0 Å². The molecule has 10 heteroatoms. The minimum Gasteiger partial charge on any atom is -0.497 e. The number of halogens is 4. The third-order valence-electron chi connectivity index (χ3n) is 3.71. The van der Waals surface area contributed by atoms with Gasteiger partial charge in [-0.15, -0.1) is 0 Å². The number of methoxy groups -OCH3 is 1. The molecule has 1 aliphatic rings. The van der Waals surface area contributed by atoms with E-state index in [0.717, 1.165) is 6.08 Å². The number of amides is 2. The molecule has 0 radical (unpaired) electrons. The van der Waals surface area contributed by atoms with E-state index in [-0.39, 0.29) is 16.4 Å². The van der Waals surface area contributed by atoms with Gasteiger partial charge in [-0.3, -0.25) is 15.0 Å². The van der Waals surface area contributed by atoms with Crippen LogP contribution in [0.2, 0.25) is 5.02 Å². The van der Waals surface area contributed by atoms with E-state index < -0.39 is 23.6 Å². The number of benzene rings is 1. The maximum Gasteiger partial charge on any atom is 0.417 e. The molecule has 2 aromatic rings. The first-order valence-electron chi connectivity index (χ1n) is 7.44. The van der Waals surface area contributed by atoms with Crippen molar-refractivity contribution in [3.63, 3.8) is 0 Å². The van der Waals surface area contributed by atoms with Gasteiger partial charge in [0.25, 0.3) is 11.8 Å². The lowest BCUT2D eigenvalue weighted by molar-refractivity contribution is -0.138. The van der Waals surface area contributed by atoms with Crippen molar-refractivity contribution in [2.45, 2.75) is 6.18 Å².